The Bertz CT molecular complexity index is 599. The molecule has 0 atom stereocenters. The lowest BCUT2D eigenvalue weighted by atomic mass is 10.1. The molecule has 0 saturated carbocycles. The minimum Gasteiger partial charge on any atom is -0.326 e. The Kier molecular flexibility index (Phi) is 4.86. The number of amides is 1. The number of benzene rings is 2. The van der Waals surface area contributed by atoms with Gasteiger partial charge in [-0.2, -0.15) is 0 Å². The molecule has 19 heavy (non-hydrogen) atoms. The second-order valence-corrected chi connectivity index (χ2v) is 5.68. The number of hydrogen-bond donors (Lipinski definition) is 1. The fourth-order valence-corrected chi connectivity index (χ4v) is 2.19. The fraction of sp³-hybridized carbons (Fsp3) is 0.0714. The molecular weight excluding hydrogens is 349 g/mol. The van der Waals surface area contributed by atoms with Gasteiger partial charge in [0.25, 0.3) is 0 Å². The van der Waals surface area contributed by atoms with Gasteiger partial charge in [-0.25, -0.2) is 0 Å². The number of nitrogens with one attached hydrogen (secondary N) is 1. The van der Waals surface area contributed by atoms with Gasteiger partial charge >= 0.3 is 0 Å². The van der Waals surface area contributed by atoms with Gasteiger partial charge in [0.15, 0.2) is 0 Å². The molecule has 0 heterocycles. The lowest BCUT2D eigenvalue weighted by Gasteiger charge is -2.06. The number of rotatable bonds is 3. The van der Waals surface area contributed by atoms with E-state index in [0.717, 1.165) is 10.0 Å². The second kappa shape index (κ2) is 6.42. The molecule has 0 saturated heterocycles. The minimum atomic E-state index is -0.0865. The maximum Gasteiger partial charge on any atom is 0.228 e. The summed E-state index contributed by atoms with van der Waals surface area (Å²) in [6.45, 7) is 0. The third-order valence-electron chi connectivity index (χ3n) is 2.48. The predicted molar refractivity (Wildman–Crippen MR) is 82.9 cm³/mol. The van der Waals surface area contributed by atoms with Crippen LogP contribution < -0.4 is 5.32 Å². The molecule has 2 rings (SSSR count). The summed E-state index contributed by atoms with van der Waals surface area (Å²) in [5.41, 5.74) is 1.62. The summed E-state index contributed by atoms with van der Waals surface area (Å²) in [5.74, 6) is -0.0865. The summed E-state index contributed by atoms with van der Waals surface area (Å²) in [7, 11) is 0. The van der Waals surface area contributed by atoms with Gasteiger partial charge in [0.05, 0.1) is 11.4 Å². The van der Waals surface area contributed by atoms with E-state index in [4.69, 9.17) is 23.2 Å². The molecule has 98 valence electrons. The Balaban J connectivity index is 2.01. The van der Waals surface area contributed by atoms with Crippen LogP contribution >= 0.6 is 39.1 Å². The van der Waals surface area contributed by atoms with Gasteiger partial charge in [0.1, 0.15) is 0 Å². The zero-order valence-electron chi connectivity index (χ0n) is 9.79. The van der Waals surface area contributed by atoms with E-state index in [1.807, 2.05) is 12.1 Å². The molecule has 0 unspecified atom stereocenters. The van der Waals surface area contributed by atoms with Gasteiger partial charge in [-0.3, -0.25) is 4.79 Å². The van der Waals surface area contributed by atoms with Gasteiger partial charge in [0, 0.05) is 15.2 Å². The molecule has 0 bridgehead atoms. The van der Waals surface area contributed by atoms with Gasteiger partial charge in [0.2, 0.25) is 5.91 Å². The highest BCUT2D eigenvalue weighted by Crippen LogP contribution is 2.25. The van der Waals surface area contributed by atoms with Crippen LogP contribution in [0.25, 0.3) is 0 Å². The van der Waals surface area contributed by atoms with Crippen LogP contribution in [0.1, 0.15) is 5.56 Å². The highest BCUT2D eigenvalue weighted by atomic mass is 79.9. The quantitative estimate of drug-likeness (QED) is 0.827. The van der Waals surface area contributed by atoms with Crippen molar-refractivity contribution in [2.75, 3.05) is 5.32 Å². The van der Waals surface area contributed by atoms with Crippen LogP contribution in [0.3, 0.4) is 0 Å². The average molecular weight is 359 g/mol. The van der Waals surface area contributed by atoms with Gasteiger partial charge < -0.3 is 5.32 Å². The highest BCUT2D eigenvalue weighted by molar-refractivity contribution is 9.10. The normalized spacial score (nSPS) is 10.3. The standard InChI is InChI=1S/C14H10BrCl2NO/c15-12-8-11(5-6-13(12)17)18-14(19)7-9-1-3-10(16)4-2-9/h1-6,8H,7H2,(H,18,19). The highest BCUT2D eigenvalue weighted by Gasteiger charge is 2.05. The van der Waals surface area contributed by atoms with Crippen molar-refractivity contribution in [3.05, 3.63) is 62.5 Å². The first-order valence-corrected chi connectivity index (χ1v) is 7.09. The lowest BCUT2D eigenvalue weighted by Crippen LogP contribution is -2.14. The van der Waals surface area contributed by atoms with Crippen molar-refractivity contribution < 1.29 is 4.79 Å². The van der Waals surface area contributed by atoms with Crippen LogP contribution in [0, 0.1) is 0 Å². The van der Waals surface area contributed by atoms with Crippen molar-refractivity contribution in [3.63, 3.8) is 0 Å². The van der Waals surface area contributed by atoms with E-state index in [-0.39, 0.29) is 5.91 Å². The molecule has 1 amide bonds. The van der Waals surface area contributed by atoms with Crippen LogP contribution in [0.15, 0.2) is 46.9 Å². The molecule has 0 aliphatic heterocycles. The molecule has 5 heteroatoms. The van der Waals surface area contributed by atoms with E-state index >= 15 is 0 Å². The molecule has 0 aliphatic rings. The third kappa shape index (κ3) is 4.23. The Morgan fingerprint density at radius 1 is 1.11 bits per heavy atom. The maximum atomic E-state index is 11.9. The van der Waals surface area contributed by atoms with Gasteiger partial charge in [-0.1, -0.05) is 35.3 Å². The molecule has 1 N–H and O–H groups in total. The zero-order valence-corrected chi connectivity index (χ0v) is 12.9. The number of halogens is 3. The van der Waals surface area contributed by atoms with Crippen LogP contribution in [-0.4, -0.2) is 5.91 Å². The maximum absolute atomic E-state index is 11.9. The van der Waals surface area contributed by atoms with E-state index in [1.165, 1.54) is 0 Å². The fourth-order valence-electron chi connectivity index (χ4n) is 1.57. The summed E-state index contributed by atoms with van der Waals surface area (Å²) in [4.78, 5) is 11.9. The monoisotopic (exact) mass is 357 g/mol. The number of carbonyl (C=O) groups excluding carboxylic acids is 1. The van der Waals surface area contributed by atoms with Crippen molar-refractivity contribution in [2.24, 2.45) is 0 Å². The number of hydrogen-bond acceptors (Lipinski definition) is 1. The zero-order chi connectivity index (χ0) is 13.8. The van der Waals surface area contributed by atoms with Crippen molar-refractivity contribution in [3.8, 4) is 0 Å². The first-order valence-electron chi connectivity index (χ1n) is 5.54. The molecule has 2 aromatic carbocycles. The minimum absolute atomic E-state index is 0.0865. The molecule has 0 spiro atoms. The van der Waals surface area contributed by atoms with Crippen LogP contribution in [-0.2, 0) is 11.2 Å². The molecule has 0 radical (unpaired) electrons. The van der Waals surface area contributed by atoms with Gasteiger partial charge in [-0.05, 0) is 51.8 Å². The smallest absolute Gasteiger partial charge is 0.228 e. The van der Waals surface area contributed by atoms with Crippen molar-refractivity contribution in [1.82, 2.24) is 0 Å². The Morgan fingerprint density at radius 3 is 2.42 bits per heavy atom. The summed E-state index contributed by atoms with van der Waals surface area (Å²) in [5, 5.41) is 4.08. The summed E-state index contributed by atoms with van der Waals surface area (Å²) >= 11 is 15.0. The van der Waals surface area contributed by atoms with Crippen LogP contribution in [0.2, 0.25) is 10.0 Å². The van der Waals surface area contributed by atoms with E-state index < -0.39 is 0 Å². The molecule has 0 fully saturated rings. The largest absolute Gasteiger partial charge is 0.326 e. The van der Waals surface area contributed by atoms with E-state index in [0.29, 0.717) is 22.2 Å². The Labute approximate surface area is 129 Å². The summed E-state index contributed by atoms with van der Waals surface area (Å²) in [6, 6.07) is 12.4. The molecule has 0 aromatic heterocycles. The Hall–Kier alpha value is -1.03. The van der Waals surface area contributed by atoms with Crippen molar-refractivity contribution in [1.29, 1.82) is 0 Å². The molecule has 2 nitrogen and oxygen atoms in total. The average Bonchev–Trinajstić information content (AvgIpc) is 2.37. The van der Waals surface area contributed by atoms with Gasteiger partial charge in [-0.15, -0.1) is 0 Å². The van der Waals surface area contributed by atoms with Crippen molar-refractivity contribution >= 4 is 50.7 Å². The van der Waals surface area contributed by atoms with Crippen LogP contribution in [0.5, 0.6) is 0 Å². The predicted octanol–water partition coefficient (Wildman–Crippen LogP) is 4.94. The van der Waals surface area contributed by atoms with E-state index in [2.05, 4.69) is 21.2 Å². The summed E-state index contributed by atoms with van der Waals surface area (Å²) < 4.78 is 0.749. The third-order valence-corrected chi connectivity index (χ3v) is 3.95. The topological polar surface area (TPSA) is 29.1 Å². The second-order valence-electron chi connectivity index (χ2n) is 3.98. The Morgan fingerprint density at radius 2 is 1.79 bits per heavy atom. The van der Waals surface area contributed by atoms with Crippen molar-refractivity contribution in [2.45, 2.75) is 6.42 Å². The number of carbonyl (C=O) groups is 1. The lowest BCUT2D eigenvalue weighted by molar-refractivity contribution is -0.115. The molecule has 2 aromatic rings. The summed E-state index contributed by atoms with van der Waals surface area (Å²) in [6.07, 6.45) is 0.303. The SMILES string of the molecule is O=C(Cc1ccc(Cl)cc1)Nc1ccc(Cl)c(Br)c1. The number of anilines is 1. The first-order chi connectivity index (χ1) is 9.04. The van der Waals surface area contributed by atoms with E-state index in [1.54, 1.807) is 30.3 Å². The first kappa shape index (κ1) is 14.4. The van der Waals surface area contributed by atoms with Crippen LogP contribution in [0.4, 0.5) is 5.69 Å². The molecular formula is C14H10BrCl2NO. The van der Waals surface area contributed by atoms with E-state index in [9.17, 15) is 4.79 Å². The molecule has 0 aliphatic carbocycles.